The maximum Gasteiger partial charge on any atom is 0.312 e. The Balaban J connectivity index is 1.80. The van der Waals surface area contributed by atoms with Crippen LogP contribution in [0.15, 0.2) is 47.0 Å². The number of aryl methyl sites for hydroxylation is 1. The fourth-order valence-electron chi connectivity index (χ4n) is 2.72. The number of carbonyl (C=O) groups is 1. The molecule has 3 rings (SSSR count). The molecule has 3 aromatic rings. The minimum Gasteiger partial charge on any atom is -0.490 e. The Morgan fingerprint density at radius 1 is 1.30 bits per heavy atom. The number of carbonyl (C=O) groups excluding carboxylic acids is 1. The number of hydrogen-bond donors (Lipinski definition) is 2. The molecule has 11 heteroatoms. The van der Waals surface area contributed by atoms with Gasteiger partial charge in [0.2, 0.25) is 0 Å². The molecule has 0 aliphatic rings. The van der Waals surface area contributed by atoms with Crippen LogP contribution in [0.25, 0.3) is 11.3 Å². The molecule has 2 aromatic carbocycles. The van der Waals surface area contributed by atoms with Crippen molar-refractivity contribution >= 4 is 46.2 Å². The summed E-state index contributed by atoms with van der Waals surface area (Å²) in [6.07, 6.45) is 0. The van der Waals surface area contributed by atoms with Crippen molar-refractivity contribution in [2.45, 2.75) is 6.92 Å². The molecular formula is C19H15ClN4O5S. The fourth-order valence-corrected chi connectivity index (χ4v) is 3.15. The molecule has 30 heavy (non-hydrogen) atoms. The molecule has 0 radical (unpaired) electrons. The third kappa shape index (κ3) is 4.39. The average Bonchev–Trinajstić information content (AvgIpc) is 3.09. The van der Waals surface area contributed by atoms with Gasteiger partial charge in [-0.25, -0.2) is 0 Å². The minimum absolute atomic E-state index is 0.0647. The van der Waals surface area contributed by atoms with Crippen LogP contribution >= 0.6 is 23.8 Å². The van der Waals surface area contributed by atoms with Gasteiger partial charge in [0.25, 0.3) is 5.91 Å². The second-order valence-electron chi connectivity index (χ2n) is 5.99. The van der Waals surface area contributed by atoms with Crippen molar-refractivity contribution in [1.82, 2.24) is 10.5 Å². The number of rotatable bonds is 5. The van der Waals surface area contributed by atoms with Crippen molar-refractivity contribution in [2.24, 2.45) is 0 Å². The number of nitrogens with one attached hydrogen (secondary N) is 2. The molecule has 2 N–H and O–H groups in total. The second kappa shape index (κ2) is 8.89. The van der Waals surface area contributed by atoms with Gasteiger partial charge in [-0.15, -0.1) is 0 Å². The summed E-state index contributed by atoms with van der Waals surface area (Å²) in [5.74, 6) is -0.181. The van der Waals surface area contributed by atoms with E-state index in [1.807, 2.05) is 0 Å². The van der Waals surface area contributed by atoms with Crippen LogP contribution in [0, 0.1) is 17.0 Å². The molecule has 154 valence electrons. The highest BCUT2D eigenvalue weighted by molar-refractivity contribution is 7.80. The van der Waals surface area contributed by atoms with E-state index in [1.54, 1.807) is 31.2 Å². The number of hydrogen-bond acceptors (Lipinski definition) is 7. The van der Waals surface area contributed by atoms with E-state index in [4.69, 9.17) is 33.1 Å². The van der Waals surface area contributed by atoms with Gasteiger partial charge in [0.05, 0.1) is 17.1 Å². The molecule has 0 unspecified atom stereocenters. The van der Waals surface area contributed by atoms with E-state index in [0.29, 0.717) is 16.3 Å². The zero-order chi connectivity index (χ0) is 21.8. The van der Waals surface area contributed by atoms with Crippen molar-refractivity contribution in [3.05, 3.63) is 68.9 Å². The molecule has 1 aromatic heterocycles. The normalized spacial score (nSPS) is 10.4. The summed E-state index contributed by atoms with van der Waals surface area (Å²) in [6, 6.07) is 11.1. The quantitative estimate of drug-likeness (QED) is 0.337. The van der Waals surface area contributed by atoms with Gasteiger partial charge in [-0.1, -0.05) is 35.0 Å². The van der Waals surface area contributed by atoms with Crippen LogP contribution in [-0.2, 0) is 0 Å². The number of thiocarbonyl (C=S) groups is 1. The van der Waals surface area contributed by atoms with Crippen molar-refractivity contribution in [1.29, 1.82) is 0 Å². The van der Waals surface area contributed by atoms with Crippen LogP contribution in [0.3, 0.4) is 0 Å². The molecular weight excluding hydrogens is 432 g/mol. The number of halogens is 1. The Bertz CT molecular complexity index is 1150. The van der Waals surface area contributed by atoms with Crippen LogP contribution in [0.5, 0.6) is 5.75 Å². The van der Waals surface area contributed by atoms with E-state index in [1.165, 1.54) is 25.3 Å². The van der Waals surface area contributed by atoms with Crippen molar-refractivity contribution in [2.75, 3.05) is 12.4 Å². The third-order valence-corrected chi connectivity index (χ3v) is 4.61. The van der Waals surface area contributed by atoms with Crippen molar-refractivity contribution in [3.63, 3.8) is 0 Å². The standard InChI is InChI=1S/C19H15ClN4O5S/c1-10-16(17(23-29-10)12-5-3-4-6-13(12)20)18(25)22-19(30)21-11-7-8-15(28-2)14(9-11)24(26)27/h3-9H,1-2H3,(H2,21,22,25,30). The molecule has 0 bridgehead atoms. The minimum atomic E-state index is -0.581. The topological polar surface area (TPSA) is 120 Å². The molecule has 0 atom stereocenters. The van der Waals surface area contributed by atoms with Gasteiger partial charge in [-0.3, -0.25) is 20.2 Å². The lowest BCUT2D eigenvalue weighted by Gasteiger charge is -2.11. The molecule has 0 fully saturated rings. The summed E-state index contributed by atoms with van der Waals surface area (Å²) in [5, 5.41) is 20.7. The number of ether oxygens (including phenoxy) is 1. The number of amides is 1. The fraction of sp³-hybridized carbons (Fsp3) is 0.105. The van der Waals surface area contributed by atoms with Crippen LogP contribution < -0.4 is 15.4 Å². The van der Waals surface area contributed by atoms with Gasteiger partial charge in [0.1, 0.15) is 17.0 Å². The van der Waals surface area contributed by atoms with Gasteiger partial charge >= 0.3 is 5.69 Å². The van der Waals surface area contributed by atoms with E-state index in [0.717, 1.165) is 0 Å². The average molecular weight is 447 g/mol. The molecule has 1 heterocycles. The SMILES string of the molecule is COc1ccc(NC(=S)NC(=O)c2c(-c3ccccc3Cl)noc2C)cc1[N+](=O)[O-]. The zero-order valence-corrected chi connectivity index (χ0v) is 17.3. The summed E-state index contributed by atoms with van der Waals surface area (Å²) in [5.41, 5.74) is 1.05. The van der Waals surface area contributed by atoms with Crippen LogP contribution in [0.2, 0.25) is 5.02 Å². The Morgan fingerprint density at radius 2 is 2.03 bits per heavy atom. The summed E-state index contributed by atoms with van der Waals surface area (Å²) in [7, 11) is 1.33. The van der Waals surface area contributed by atoms with Crippen LogP contribution in [-0.4, -0.2) is 28.2 Å². The van der Waals surface area contributed by atoms with Crippen LogP contribution in [0.4, 0.5) is 11.4 Å². The Hall–Kier alpha value is -3.50. The molecule has 1 amide bonds. The first kappa shape index (κ1) is 21.2. The summed E-state index contributed by atoms with van der Waals surface area (Å²) < 4.78 is 10.1. The van der Waals surface area contributed by atoms with Gasteiger partial charge in [-0.2, -0.15) is 0 Å². The molecule has 0 aliphatic carbocycles. The van der Waals surface area contributed by atoms with E-state index in [9.17, 15) is 14.9 Å². The maximum absolute atomic E-state index is 12.8. The number of nitro benzene ring substituents is 1. The number of nitrogens with zero attached hydrogens (tertiary/aromatic N) is 2. The van der Waals surface area contributed by atoms with E-state index in [-0.39, 0.29) is 33.6 Å². The lowest BCUT2D eigenvalue weighted by Crippen LogP contribution is -2.34. The Morgan fingerprint density at radius 3 is 2.70 bits per heavy atom. The molecule has 0 spiro atoms. The van der Waals surface area contributed by atoms with Crippen molar-refractivity contribution < 1.29 is 19.0 Å². The summed E-state index contributed by atoms with van der Waals surface area (Å²) in [4.78, 5) is 23.4. The zero-order valence-electron chi connectivity index (χ0n) is 15.8. The first-order valence-corrected chi connectivity index (χ1v) is 9.26. The number of anilines is 1. The highest BCUT2D eigenvalue weighted by atomic mass is 35.5. The Kier molecular flexibility index (Phi) is 6.28. The lowest BCUT2D eigenvalue weighted by atomic mass is 10.1. The molecule has 0 saturated carbocycles. The maximum atomic E-state index is 12.8. The predicted molar refractivity (Wildman–Crippen MR) is 115 cm³/mol. The number of methoxy groups -OCH3 is 1. The summed E-state index contributed by atoms with van der Waals surface area (Å²) in [6.45, 7) is 1.59. The smallest absolute Gasteiger partial charge is 0.312 e. The van der Waals surface area contributed by atoms with Gasteiger partial charge < -0.3 is 14.6 Å². The molecule has 0 aliphatic heterocycles. The van der Waals surface area contributed by atoms with E-state index < -0.39 is 10.8 Å². The highest BCUT2D eigenvalue weighted by Gasteiger charge is 2.24. The first-order chi connectivity index (χ1) is 14.3. The number of nitro groups is 1. The Labute approximate surface area is 181 Å². The third-order valence-electron chi connectivity index (χ3n) is 4.08. The largest absolute Gasteiger partial charge is 0.490 e. The monoisotopic (exact) mass is 446 g/mol. The van der Waals surface area contributed by atoms with Crippen LogP contribution in [0.1, 0.15) is 16.1 Å². The molecule has 0 saturated heterocycles. The van der Waals surface area contributed by atoms with Gasteiger partial charge in [-0.05, 0) is 37.3 Å². The van der Waals surface area contributed by atoms with Crippen molar-refractivity contribution in [3.8, 4) is 17.0 Å². The highest BCUT2D eigenvalue weighted by Crippen LogP contribution is 2.31. The number of benzene rings is 2. The second-order valence-corrected chi connectivity index (χ2v) is 6.81. The number of aromatic nitrogens is 1. The van der Waals surface area contributed by atoms with Gasteiger partial charge in [0.15, 0.2) is 10.9 Å². The van der Waals surface area contributed by atoms with E-state index >= 15 is 0 Å². The summed E-state index contributed by atoms with van der Waals surface area (Å²) >= 11 is 11.4. The first-order valence-electron chi connectivity index (χ1n) is 8.47. The lowest BCUT2D eigenvalue weighted by molar-refractivity contribution is -0.385. The molecule has 9 nitrogen and oxygen atoms in total. The predicted octanol–water partition coefficient (Wildman–Crippen LogP) is 4.35. The van der Waals surface area contributed by atoms with E-state index in [2.05, 4.69) is 15.8 Å². The van der Waals surface area contributed by atoms with Gasteiger partial charge in [0, 0.05) is 17.3 Å².